The minimum atomic E-state index is 0.783. The Hall–Kier alpha value is -0.420. The van der Waals surface area contributed by atoms with Gasteiger partial charge in [-0.05, 0) is 50.0 Å². The number of rotatable bonds is 6. The smallest absolute Gasteiger partial charge is 0.0220 e. The third-order valence-electron chi connectivity index (χ3n) is 3.86. The fourth-order valence-electron chi connectivity index (χ4n) is 2.65. The van der Waals surface area contributed by atoms with Crippen LogP contribution in [0.4, 0.5) is 0 Å². The standard InChI is InChI=1S/C15H24BrN3/c16-15-4-2-1-3-14(15)12-18-11-13-5-8-19(9-6-13)10-7-17/h1-4,13,18H,5-12,17H2. The molecule has 1 aromatic rings. The SMILES string of the molecule is NCCN1CCC(CNCc2ccccc2Br)CC1. The summed E-state index contributed by atoms with van der Waals surface area (Å²) in [7, 11) is 0. The summed E-state index contributed by atoms with van der Waals surface area (Å²) >= 11 is 3.59. The van der Waals surface area contributed by atoms with Crippen LogP contribution < -0.4 is 11.1 Å². The van der Waals surface area contributed by atoms with Crippen molar-refractivity contribution in [2.45, 2.75) is 19.4 Å². The Morgan fingerprint density at radius 3 is 2.68 bits per heavy atom. The molecule has 0 unspecified atom stereocenters. The Kier molecular flexibility index (Phi) is 6.31. The van der Waals surface area contributed by atoms with Gasteiger partial charge in [-0.1, -0.05) is 34.1 Å². The number of halogens is 1. The molecular weight excluding hydrogens is 302 g/mol. The number of hydrogen-bond acceptors (Lipinski definition) is 3. The Balaban J connectivity index is 1.66. The predicted molar refractivity (Wildman–Crippen MR) is 84.1 cm³/mol. The van der Waals surface area contributed by atoms with Gasteiger partial charge in [-0.25, -0.2) is 0 Å². The summed E-state index contributed by atoms with van der Waals surface area (Å²) in [6.45, 7) is 6.32. The van der Waals surface area contributed by atoms with Crippen molar-refractivity contribution < 1.29 is 0 Å². The first-order valence-electron chi connectivity index (χ1n) is 7.16. The van der Waals surface area contributed by atoms with Gasteiger partial charge in [0.2, 0.25) is 0 Å². The maximum atomic E-state index is 5.59. The fourth-order valence-corrected chi connectivity index (χ4v) is 3.07. The van der Waals surface area contributed by atoms with Gasteiger partial charge in [-0.15, -0.1) is 0 Å². The zero-order chi connectivity index (χ0) is 13.5. The molecule has 106 valence electrons. The molecule has 1 heterocycles. The van der Waals surface area contributed by atoms with E-state index in [1.165, 1.54) is 36.0 Å². The summed E-state index contributed by atoms with van der Waals surface area (Å²) in [5.41, 5.74) is 6.93. The van der Waals surface area contributed by atoms with Crippen LogP contribution in [0.15, 0.2) is 28.7 Å². The van der Waals surface area contributed by atoms with E-state index in [1.807, 2.05) is 0 Å². The van der Waals surface area contributed by atoms with Crippen molar-refractivity contribution in [2.75, 3.05) is 32.7 Å². The van der Waals surface area contributed by atoms with Crippen molar-refractivity contribution in [3.05, 3.63) is 34.3 Å². The highest BCUT2D eigenvalue weighted by Gasteiger charge is 2.17. The number of nitrogens with zero attached hydrogens (tertiary/aromatic N) is 1. The van der Waals surface area contributed by atoms with Gasteiger partial charge >= 0.3 is 0 Å². The lowest BCUT2D eigenvalue weighted by Crippen LogP contribution is -2.39. The first-order chi connectivity index (χ1) is 9.29. The van der Waals surface area contributed by atoms with E-state index >= 15 is 0 Å². The quantitative estimate of drug-likeness (QED) is 0.842. The van der Waals surface area contributed by atoms with Gasteiger partial charge in [-0.3, -0.25) is 0 Å². The second kappa shape index (κ2) is 8.00. The van der Waals surface area contributed by atoms with Gasteiger partial charge in [0.25, 0.3) is 0 Å². The van der Waals surface area contributed by atoms with Gasteiger partial charge in [0, 0.05) is 24.1 Å². The van der Waals surface area contributed by atoms with E-state index in [0.717, 1.165) is 32.1 Å². The first kappa shape index (κ1) is 15.0. The second-order valence-corrected chi connectivity index (χ2v) is 6.15. The largest absolute Gasteiger partial charge is 0.329 e. The van der Waals surface area contributed by atoms with E-state index in [9.17, 15) is 0 Å². The van der Waals surface area contributed by atoms with Crippen molar-refractivity contribution in [3.63, 3.8) is 0 Å². The molecule has 1 aliphatic rings. The van der Waals surface area contributed by atoms with Crippen LogP contribution in [0.25, 0.3) is 0 Å². The van der Waals surface area contributed by atoms with Crippen LogP contribution in [0, 0.1) is 5.92 Å². The average molecular weight is 326 g/mol. The Bertz CT molecular complexity index is 375. The van der Waals surface area contributed by atoms with Crippen LogP contribution in [0.5, 0.6) is 0 Å². The zero-order valence-corrected chi connectivity index (χ0v) is 13.0. The lowest BCUT2D eigenvalue weighted by Gasteiger charge is -2.31. The van der Waals surface area contributed by atoms with E-state index in [-0.39, 0.29) is 0 Å². The number of nitrogens with two attached hydrogens (primary N) is 1. The maximum Gasteiger partial charge on any atom is 0.0220 e. The molecule has 0 saturated carbocycles. The summed E-state index contributed by atoms with van der Waals surface area (Å²) in [5.74, 6) is 0.816. The van der Waals surface area contributed by atoms with E-state index in [2.05, 4.69) is 50.4 Å². The number of likely N-dealkylation sites (tertiary alicyclic amines) is 1. The number of benzene rings is 1. The van der Waals surface area contributed by atoms with E-state index in [4.69, 9.17) is 5.73 Å². The van der Waals surface area contributed by atoms with Gasteiger partial charge in [0.1, 0.15) is 0 Å². The minimum Gasteiger partial charge on any atom is -0.329 e. The van der Waals surface area contributed by atoms with Gasteiger partial charge in [0.15, 0.2) is 0 Å². The van der Waals surface area contributed by atoms with Crippen LogP contribution >= 0.6 is 15.9 Å². The van der Waals surface area contributed by atoms with Crippen molar-refractivity contribution in [1.29, 1.82) is 0 Å². The molecule has 0 bridgehead atoms. The lowest BCUT2D eigenvalue weighted by molar-refractivity contribution is 0.186. The molecule has 0 spiro atoms. The zero-order valence-electron chi connectivity index (χ0n) is 11.4. The van der Waals surface area contributed by atoms with Crippen molar-refractivity contribution in [3.8, 4) is 0 Å². The summed E-state index contributed by atoms with van der Waals surface area (Å²) in [5, 5.41) is 3.59. The third kappa shape index (κ3) is 4.88. The van der Waals surface area contributed by atoms with Gasteiger partial charge < -0.3 is 16.0 Å². The molecule has 1 fully saturated rings. The van der Waals surface area contributed by atoms with Gasteiger partial charge in [0.05, 0.1) is 0 Å². The molecule has 1 aromatic carbocycles. The third-order valence-corrected chi connectivity index (χ3v) is 4.63. The topological polar surface area (TPSA) is 41.3 Å². The lowest BCUT2D eigenvalue weighted by atomic mass is 9.96. The number of piperidine rings is 1. The fraction of sp³-hybridized carbons (Fsp3) is 0.600. The van der Waals surface area contributed by atoms with Crippen LogP contribution in [-0.2, 0) is 6.54 Å². The van der Waals surface area contributed by atoms with E-state index in [0.29, 0.717) is 0 Å². The van der Waals surface area contributed by atoms with Crippen LogP contribution in [0.2, 0.25) is 0 Å². The molecule has 0 amide bonds. The summed E-state index contributed by atoms with van der Waals surface area (Å²) in [4.78, 5) is 2.48. The average Bonchev–Trinajstić information content (AvgIpc) is 2.43. The predicted octanol–water partition coefficient (Wildman–Crippen LogP) is 2.21. The van der Waals surface area contributed by atoms with Gasteiger partial charge in [-0.2, -0.15) is 0 Å². The molecule has 0 radical (unpaired) electrons. The molecule has 0 aliphatic carbocycles. The molecular formula is C15H24BrN3. The Morgan fingerprint density at radius 2 is 2.00 bits per heavy atom. The van der Waals surface area contributed by atoms with Crippen molar-refractivity contribution >= 4 is 15.9 Å². The van der Waals surface area contributed by atoms with Crippen LogP contribution in [-0.4, -0.2) is 37.6 Å². The molecule has 4 heteroatoms. The summed E-state index contributed by atoms with van der Waals surface area (Å²) < 4.78 is 1.19. The molecule has 19 heavy (non-hydrogen) atoms. The van der Waals surface area contributed by atoms with Crippen molar-refractivity contribution in [1.82, 2.24) is 10.2 Å². The molecule has 3 N–H and O–H groups in total. The van der Waals surface area contributed by atoms with E-state index in [1.54, 1.807) is 0 Å². The van der Waals surface area contributed by atoms with Crippen LogP contribution in [0.3, 0.4) is 0 Å². The highest BCUT2D eigenvalue weighted by atomic mass is 79.9. The first-order valence-corrected chi connectivity index (χ1v) is 7.95. The molecule has 2 rings (SSSR count). The monoisotopic (exact) mass is 325 g/mol. The summed E-state index contributed by atoms with van der Waals surface area (Å²) in [6, 6.07) is 8.41. The maximum absolute atomic E-state index is 5.59. The number of nitrogens with one attached hydrogen (secondary N) is 1. The second-order valence-electron chi connectivity index (χ2n) is 5.30. The van der Waals surface area contributed by atoms with Crippen molar-refractivity contribution in [2.24, 2.45) is 11.7 Å². The highest BCUT2D eigenvalue weighted by molar-refractivity contribution is 9.10. The summed E-state index contributed by atoms with van der Waals surface area (Å²) in [6.07, 6.45) is 2.59. The highest BCUT2D eigenvalue weighted by Crippen LogP contribution is 2.18. The van der Waals surface area contributed by atoms with Crippen LogP contribution in [0.1, 0.15) is 18.4 Å². The molecule has 1 aliphatic heterocycles. The minimum absolute atomic E-state index is 0.783. The Morgan fingerprint density at radius 1 is 1.26 bits per heavy atom. The van der Waals surface area contributed by atoms with E-state index < -0.39 is 0 Å². The molecule has 1 saturated heterocycles. The molecule has 0 aromatic heterocycles. The molecule has 3 nitrogen and oxygen atoms in total. The Labute approximate surface area is 124 Å². The number of hydrogen-bond donors (Lipinski definition) is 2. The normalized spacial score (nSPS) is 17.8. The molecule has 0 atom stereocenters.